The van der Waals surface area contributed by atoms with Gasteiger partial charge >= 0.3 is 5.97 Å². The van der Waals surface area contributed by atoms with Crippen LogP contribution in [-0.4, -0.2) is 25.1 Å². The summed E-state index contributed by atoms with van der Waals surface area (Å²) in [5, 5.41) is 3.01. The zero-order valence-corrected chi connectivity index (χ0v) is 15.8. The monoisotopic (exact) mass is 459 g/mol. The summed E-state index contributed by atoms with van der Waals surface area (Å²) >= 11 is 8.19. The van der Waals surface area contributed by atoms with Gasteiger partial charge in [0.1, 0.15) is 5.75 Å². The van der Waals surface area contributed by atoms with E-state index in [9.17, 15) is 9.59 Å². The molecule has 0 atom stereocenters. The molecule has 0 aliphatic carbocycles. The molecule has 2 aromatic carbocycles. The van der Waals surface area contributed by atoms with E-state index in [0.717, 1.165) is 9.13 Å². The topological polar surface area (TPSA) is 64.6 Å². The van der Waals surface area contributed by atoms with E-state index >= 15 is 0 Å². The van der Waals surface area contributed by atoms with E-state index in [2.05, 4.69) is 27.9 Å². The first-order chi connectivity index (χ1) is 11.4. The molecule has 7 heteroatoms. The lowest BCUT2D eigenvalue weighted by atomic mass is 10.2. The number of anilines is 1. The van der Waals surface area contributed by atoms with E-state index in [1.165, 1.54) is 0 Å². The second-order valence-corrected chi connectivity index (χ2v) is 6.59. The van der Waals surface area contributed by atoms with Crippen LogP contribution in [0.5, 0.6) is 5.75 Å². The summed E-state index contributed by atoms with van der Waals surface area (Å²) in [7, 11) is 0. The fourth-order valence-electron chi connectivity index (χ4n) is 1.77. The Hall–Kier alpha value is -1.80. The maximum Gasteiger partial charge on any atom is 0.344 e. The van der Waals surface area contributed by atoms with E-state index in [-0.39, 0.29) is 6.61 Å². The van der Waals surface area contributed by atoms with Gasteiger partial charge in [-0.1, -0.05) is 17.7 Å². The second-order valence-electron chi connectivity index (χ2n) is 4.93. The van der Waals surface area contributed by atoms with E-state index in [1.54, 1.807) is 24.3 Å². The number of hydrogen-bond acceptors (Lipinski definition) is 4. The molecule has 0 radical (unpaired) electrons. The minimum atomic E-state index is -0.626. The Labute approximate surface area is 158 Å². The Morgan fingerprint density at radius 3 is 2.50 bits per heavy atom. The standard InChI is InChI=1S/C17H15ClINO4/c1-11-2-7-15(14(18)8-11)20-16(21)9-24-17(22)10-23-13-5-3-12(19)4-6-13/h2-8H,9-10H2,1H3,(H,20,21). The average molecular weight is 460 g/mol. The lowest BCUT2D eigenvalue weighted by Crippen LogP contribution is -2.23. The van der Waals surface area contributed by atoms with E-state index < -0.39 is 18.5 Å². The van der Waals surface area contributed by atoms with Crippen molar-refractivity contribution in [1.82, 2.24) is 0 Å². The van der Waals surface area contributed by atoms with Crippen molar-refractivity contribution in [3.05, 3.63) is 56.6 Å². The van der Waals surface area contributed by atoms with Gasteiger partial charge in [0.25, 0.3) is 5.91 Å². The van der Waals surface area contributed by atoms with Crippen LogP contribution in [0, 0.1) is 10.5 Å². The quantitative estimate of drug-likeness (QED) is 0.527. The highest BCUT2D eigenvalue weighted by Crippen LogP contribution is 2.22. The first-order valence-electron chi connectivity index (χ1n) is 7.04. The highest BCUT2D eigenvalue weighted by Gasteiger charge is 2.10. The van der Waals surface area contributed by atoms with Crippen molar-refractivity contribution in [2.75, 3.05) is 18.5 Å². The third-order valence-corrected chi connectivity index (χ3v) is 3.97. The normalized spacial score (nSPS) is 10.1. The number of esters is 1. The van der Waals surface area contributed by atoms with Crippen molar-refractivity contribution in [3.63, 3.8) is 0 Å². The van der Waals surface area contributed by atoms with Crippen LogP contribution in [0.15, 0.2) is 42.5 Å². The molecular formula is C17H15ClINO4. The van der Waals surface area contributed by atoms with Gasteiger partial charge in [-0.25, -0.2) is 4.79 Å². The number of rotatable bonds is 6. The molecule has 0 fully saturated rings. The molecule has 0 heterocycles. The molecule has 0 aromatic heterocycles. The van der Waals surface area contributed by atoms with Crippen molar-refractivity contribution < 1.29 is 19.1 Å². The molecule has 0 saturated carbocycles. The number of amides is 1. The Bertz CT molecular complexity index is 734. The lowest BCUT2D eigenvalue weighted by Gasteiger charge is -2.09. The number of carbonyl (C=O) groups is 2. The van der Waals surface area contributed by atoms with Gasteiger partial charge in [-0.3, -0.25) is 4.79 Å². The summed E-state index contributed by atoms with van der Waals surface area (Å²) in [4.78, 5) is 23.4. The van der Waals surface area contributed by atoms with E-state index in [0.29, 0.717) is 16.5 Å². The molecule has 0 unspecified atom stereocenters. The molecule has 0 aliphatic heterocycles. The Kier molecular flexibility index (Phi) is 6.86. The highest BCUT2D eigenvalue weighted by molar-refractivity contribution is 14.1. The average Bonchev–Trinajstić information content (AvgIpc) is 2.55. The number of carbonyl (C=O) groups excluding carboxylic acids is 2. The Balaban J connectivity index is 1.74. The number of benzene rings is 2. The molecule has 2 rings (SSSR count). The largest absolute Gasteiger partial charge is 0.482 e. The smallest absolute Gasteiger partial charge is 0.344 e. The van der Waals surface area contributed by atoms with Crippen molar-refractivity contribution in [2.45, 2.75) is 6.92 Å². The maximum absolute atomic E-state index is 11.8. The number of halogens is 2. The zero-order valence-electron chi connectivity index (χ0n) is 12.8. The van der Waals surface area contributed by atoms with Gasteiger partial charge in [-0.05, 0) is 71.5 Å². The molecule has 2 aromatic rings. The van der Waals surface area contributed by atoms with Gasteiger partial charge in [0.2, 0.25) is 0 Å². The predicted octanol–water partition coefficient (Wildman–Crippen LogP) is 3.81. The SMILES string of the molecule is Cc1ccc(NC(=O)COC(=O)COc2ccc(I)cc2)c(Cl)c1. The van der Waals surface area contributed by atoms with Crippen molar-refractivity contribution in [1.29, 1.82) is 0 Å². The summed E-state index contributed by atoms with van der Waals surface area (Å²) < 4.78 is 11.2. The third-order valence-electron chi connectivity index (χ3n) is 2.93. The van der Waals surface area contributed by atoms with Gasteiger partial charge in [0.15, 0.2) is 13.2 Å². The third kappa shape index (κ3) is 6.01. The van der Waals surface area contributed by atoms with Gasteiger partial charge < -0.3 is 14.8 Å². The maximum atomic E-state index is 11.8. The molecule has 0 saturated heterocycles. The summed E-state index contributed by atoms with van der Waals surface area (Å²) in [5.74, 6) is -0.537. The minimum Gasteiger partial charge on any atom is -0.482 e. The molecule has 1 amide bonds. The van der Waals surface area contributed by atoms with Gasteiger partial charge in [-0.15, -0.1) is 0 Å². The summed E-state index contributed by atoms with van der Waals surface area (Å²) in [5.41, 5.74) is 1.45. The molecule has 0 bridgehead atoms. The molecule has 24 heavy (non-hydrogen) atoms. The summed E-state index contributed by atoms with van der Waals surface area (Å²) in [6.07, 6.45) is 0. The summed E-state index contributed by atoms with van der Waals surface area (Å²) in [6.45, 7) is 1.23. The van der Waals surface area contributed by atoms with Gasteiger partial charge in [0, 0.05) is 3.57 Å². The number of ether oxygens (including phenoxy) is 2. The van der Waals surface area contributed by atoms with Gasteiger partial charge in [0.05, 0.1) is 10.7 Å². The number of hydrogen-bond donors (Lipinski definition) is 1. The zero-order chi connectivity index (χ0) is 17.5. The van der Waals surface area contributed by atoms with Crippen molar-refractivity contribution in [2.24, 2.45) is 0 Å². The Morgan fingerprint density at radius 1 is 1.12 bits per heavy atom. The Morgan fingerprint density at radius 2 is 1.83 bits per heavy atom. The number of nitrogens with one attached hydrogen (secondary N) is 1. The lowest BCUT2D eigenvalue weighted by molar-refractivity contribution is -0.149. The highest BCUT2D eigenvalue weighted by atomic mass is 127. The van der Waals surface area contributed by atoms with Crippen LogP contribution < -0.4 is 10.1 Å². The molecular weight excluding hydrogens is 445 g/mol. The molecule has 5 nitrogen and oxygen atoms in total. The molecule has 0 aliphatic rings. The first kappa shape index (κ1) is 18.5. The van der Waals surface area contributed by atoms with Crippen LogP contribution in [0.1, 0.15) is 5.56 Å². The molecule has 0 spiro atoms. The van der Waals surface area contributed by atoms with Crippen molar-refractivity contribution >= 4 is 51.8 Å². The fraction of sp³-hybridized carbons (Fsp3) is 0.176. The second kappa shape index (κ2) is 8.89. The minimum absolute atomic E-state index is 0.265. The van der Waals surface area contributed by atoms with Crippen LogP contribution in [0.2, 0.25) is 5.02 Å². The van der Waals surface area contributed by atoms with Gasteiger partial charge in [-0.2, -0.15) is 0 Å². The van der Waals surface area contributed by atoms with E-state index in [4.69, 9.17) is 21.1 Å². The fourth-order valence-corrected chi connectivity index (χ4v) is 2.41. The van der Waals surface area contributed by atoms with E-state index in [1.807, 2.05) is 25.1 Å². The van der Waals surface area contributed by atoms with Crippen LogP contribution >= 0.6 is 34.2 Å². The molecule has 126 valence electrons. The van der Waals surface area contributed by atoms with Crippen LogP contribution in [-0.2, 0) is 14.3 Å². The van der Waals surface area contributed by atoms with Crippen LogP contribution in [0.25, 0.3) is 0 Å². The predicted molar refractivity (Wildman–Crippen MR) is 100 cm³/mol. The van der Waals surface area contributed by atoms with Crippen LogP contribution in [0.3, 0.4) is 0 Å². The molecule has 1 N–H and O–H groups in total. The first-order valence-corrected chi connectivity index (χ1v) is 8.50. The van der Waals surface area contributed by atoms with Crippen molar-refractivity contribution in [3.8, 4) is 5.75 Å². The number of aryl methyl sites for hydroxylation is 1. The summed E-state index contributed by atoms with van der Waals surface area (Å²) in [6, 6.07) is 12.5. The van der Waals surface area contributed by atoms with Crippen LogP contribution in [0.4, 0.5) is 5.69 Å².